The molecule has 2 rings (SSSR count). The summed E-state index contributed by atoms with van der Waals surface area (Å²) in [6, 6.07) is 12.2. The van der Waals surface area contributed by atoms with Gasteiger partial charge in [-0.15, -0.1) is 0 Å². The Bertz CT molecular complexity index is 671. The summed E-state index contributed by atoms with van der Waals surface area (Å²) in [4.78, 5) is 21.8. The lowest BCUT2D eigenvalue weighted by atomic mass is 10.1. The van der Waals surface area contributed by atoms with E-state index >= 15 is 0 Å². The molecule has 0 saturated carbocycles. The van der Waals surface area contributed by atoms with Crippen LogP contribution < -0.4 is 5.32 Å². The lowest BCUT2D eigenvalue weighted by molar-refractivity contribution is -0.385. The molecule has 0 radical (unpaired) electrons. The summed E-state index contributed by atoms with van der Waals surface area (Å²) in [5.41, 5.74) is 1.45. The lowest BCUT2D eigenvalue weighted by Gasteiger charge is -2.16. The standard InChI is InChI=1S/C15H14N2O4/c1-10-7-8-12(9-13(10)17(20)21)16-14(15(18)19)11-5-3-2-4-6-11/h2-9,14,16H,1H3,(H,18,19). The summed E-state index contributed by atoms with van der Waals surface area (Å²) in [7, 11) is 0. The van der Waals surface area contributed by atoms with Gasteiger partial charge in [0.15, 0.2) is 6.04 Å². The normalized spacial score (nSPS) is 11.7. The molecule has 0 aliphatic rings. The van der Waals surface area contributed by atoms with Crippen molar-refractivity contribution < 1.29 is 14.8 Å². The van der Waals surface area contributed by atoms with Gasteiger partial charge in [0, 0.05) is 17.3 Å². The van der Waals surface area contributed by atoms with Crippen molar-refractivity contribution in [1.29, 1.82) is 0 Å². The molecule has 21 heavy (non-hydrogen) atoms. The quantitative estimate of drug-likeness (QED) is 0.650. The largest absolute Gasteiger partial charge is 0.479 e. The molecule has 0 aliphatic heterocycles. The number of nitro groups is 1. The van der Waals surface area contributed by atoms with Crippen molar-refractivity contribution in [2.45, 2.75) is 13.0 Å². The SMILES string of the molecule is Cc1ccc(NC(C(=O)O)c2ccccc2)cc1[N+](=O)[O-]. The highest BCUT2D eigenvalue weighted by Crippen LogP contribution is 2.26. The van der Waals surface area contributed by atoms with E-state index in [9.17, 15) is 20.0 Å². The van der Waals surface area contributed by atoms with Gasteiger partial charge in [-0.2, -0.15) is 0 Å². The second-order valence-electron chi connectivity index (χ2n) is 4.58. The maximum Gasteiger partial charge on any atom is 0.330 e. The Kier molecular flexibility index (Phi) is 4.18. The van der Waals surface area contributed by atoms with Crippen LogP contribution >= 0.6 is 0 Å². The molecule has 0 heterocycles. The van der Waals surface area contributed by atoms with Crippen molar-refractivity contribution in [3.8, 4) is 0 Å². The number of anilines is 1. The van der Waals surface area contributed by atoms with Crippen LogP contribution in [0.3, 0.4) is 0 Å². The first-order valence-corrected chi connectivity index (χ1v) is 6.28. The van der Waals surface area contributed by atoms with Gasteiger partial charge in [-0.3, -0.25) is 10.1 Å². The molecule has 1 unspecified atom stereocenters. The summed E-state index contributed by atoms with van der Waals surface area (Å²) < 4.78 is 0. The molecule has 108 valence electrons. The number of nitrogens with zero attached hydrogens (tertiary/aromatic N) is 1. The van der Waals surface area contributed by atoms with E-state index in [0.717, 1.165) is 0 Å². The van der Waals surface area contributed by atoms with Crippen LogP contribution in [0.1, 0.15) is 17.2 Å². The maximum absolute atomic E-state index is 11.4. The highest BCUT2D eigenvalue weighted by molar-refractivity contribution is 5.79. The lowest BCUT2D eigenvalue weighted by Crippen LogP contribution is -2.20. The highest BCUT2D eigenvalue weighted by atomic mass is 16.6. The van der Waals surface area contributed by atoms with Crippen LogP contribution in [0.25, 0.3) is 0 Å². The number of carboxylic acid groups (broad SMARTS) is 1. The average Bonchev–Trinajstić information content (AvgIpc) is 2.46. The minimum absolute atomic E-state index is 0.0443. The number of rotatable bonds is 5. The number of aryl methyl sites for hydroxylation is 1. The zero-order valence-electron chi connectivity index (χ0n) is 11.3. The Morgan fingerprint density at radius 3 is 2.48 bits per heavy atom. The molecule has 0 amide bonds. The molecule has 0 bridgehead atoms. The van der Waals surface area contributed by atoms with Gasteiger partial charge in [0.2, 0.25) is 0 Å². The van der Waals surface area contributed by atoms with E-state index in [1.54, 1.807) is 49.4 Å². The van der Waals surface area contributed by atoms with Crippen LogP contribution in [0.5, 0.6) is 0 Å². The minimum atomic E-state index is -1.05. The van der Waals surface area contributed by atoms with Crippen LogP contribution in [0, 0.1) is 17.0 Å². The summed E-state index contributed by atoms with van der Waals surface area (Å²) >= 11 is 0. The predicted octanol–water partition coefficient (Wildman–Crippen LogP) is 3.14. The van der Waals surface area contributed by atoms with Crippen molar-refractivity contribution in [2.24, 2.45) is 0 Å². The third kappa shape index (κ3) is 3.36. The third-order valence-electron chi connectivity index (χ3n) is 3.10. The Labute approximate surface area is 121 Å². The van der Waals surface area contributed by atoms with E-state index in [4.69, 9.17) is 0 Å². The van der Waals surface area contributed by atoms with Crippen molar-refractivity contribution in [2.75, 3.05) is 5.32 Å². The van der Waals surface area contributed by atoms with Crippen LogP contribution in [0.2, 0.25) is 0 Å². The number of benzene rings is 2. The average molecular weight is 286 g/mol. The first-order valence-electron chi connectivity index (χ1n) is 6.28. The molecule has 0 spiro atoms. The first kappa shape index (κ1) is 14.5. The van der Waals surface area contributed by atoms with Gasteiger partial charge in [0.1, 0.15) is 0 Å². The number of carbonyl (C=O) groups is 1. The molecule has 2 aromatic rings. The number of hydrogen-bond acceptors (Lipinski definition) is 4. The van der Waals surface area contributed by atoms with Gasteiger partial charge in [0.05, 0.1) is 4.92 Å². The zero-order valence-corrected chi connectivity index (χ0v) is 11.3. The molecule has 1 atom stereocenters. The monoisotopic (exact) mass is 286 g/mol. The van der Waals surface area contributed by atoms with Crippen LogP contribution in [0.4, 0.5) is 11.4 Å². The molecule has 2 N–H and O–H groups in total. The predicted molar refractivity (Wildman–Crippen MR) is 78.3 cm³/mol. The molecule has 0 aromatic heterocycles. The smallest absolute Gasteiger partial charge is 0.330 e. The zero-order chi connectivity index (χ0) is 15.4. The maximum atomic E-state index is 11.4. The van der Waals surface area contributed by atoms with E-state index < -0.39 is 16.9 Å². The fraction of sp³-hybridized carbons (Fsp3) is 0.133. The van der Waals surface area contributed by atoms with Gasteiger partial charge in [-0.25, -0.2) is 4.79 Å². The van der Waals surface area contributed by atoms with E-state index in [2.05, 4.69) is 5.32 Å². The highest BCUT2D eigenvalue weighted by Gasteiger charge is 2.20. The number of aliphatic carboxylic acids is 1. The van der Waals surface area contributed by atoms with E-state index in [-0.39, 0.29) is 5.69 Å². The second-order valence-corrected chi connectivity index (χ2v) is 4.58. The summed E-state index contributed by atoms with van der Waals surface area (Å²) in [6.07, 6.45) is 0. The van der Waals surface area contributed by atoms with Crippen molar-refractivity contribution >= 4 is 17.3 Å². The minimum Gasteiger partial charge on any atom is -0.479 e. The van der Waals surface area contributed by atoms with E-state index in [0.29, 0.717) is 16.8 Å². The van der Waals surface area contributed by atoms with Gasteiger partial charge in [-0.05, 0) is 18.6 Å². The van der Waals surface area contributed by atoms with Crippen LogP contribution in [-0.2, 0) is 4.79 Å². The third-order valence-corrected chi connectivity index (χ3v) is 3.10. The Hall–Kier alpha value is -2.89. The van der Waals surface area contributed by atoms with E-state index in [1.807, 2.05) is 0 Å². The Morgan fingerprint density at radius 1 is 1.24 bits per heavy atom. The number of nitrogens with one attached hydrogen (secondary N) is 1. The Balaban J connectivity index is 2.32. The van der Waals surface area contributed by atoms with Crippen LogP contribution in [-0.4, -0.2) is 16.0 Å². The molecule has 6 nitrogen and oxygen atoms in total. The fourth-order valence-electron chi connectivity index (χ4n) is 2.00. The molecule has 2 aromatic carbocycles. The molecular weight excluding hydrogens is 272 g/mol. The molecule has 0 fully saturated rings. The number of hydrogen-bond donors (Lipinski definition) is 2. The summed E-state index contributed by atoms with van der Waals surface area (Å²) in [5, 5.41) is 23.1. The van der Waals surface area contributed by atoms with Crippen molar-refractivity contribution in [1.82, 2.24) is 0 Å². The number of carboxylic acids is 1. The van der Waals surface area contributed by atoms with Crippen molar-refractivity contribution in [3.63, 3.8) is 0 Å². The molecule has 0 aliphatic carbocycles. The van der Waals surface area contributed by atoms with Gasteiger partial charge >= 0.3 is 5.97 Å². The summed E-state index contributed by atoms with van der Waals surface area (Å²) in [5.74, 6) is -1.05. The first-order chi connectivity index (χ1) is 9.99. The summed E-state index contributed by atoms with van der Waals surface area (Å²) in [6.45, 7) is 1.63. The fourth-order valence-corrected chi connectivity index (χ4v) is 2.00. The second kappa shape index (κ2) is 6.04. The van der Waals surface area contributed by atoms with Crippen molar-refractivity contribution in [3.05, 3.63) is 69.8 Å². The van der Waals surface area contributed by atoms with E-state index in [1.165, 1.54) is 6.07 Å². The van der Waals surface area contributed by atoms with Gasteiger partial charge in [-0.1, -0.05) is 36.4 Å². The molecular formula is C15H14N2O4. The van der Waals surface area contributed by atoms with Crippen LogP contribution in [0.15, 0.2) is 48.5 Å². The Morgan fingerprint density at radius 2 is 1.90 bits per heavy atom. The van der Waals surface area contributed by atoms with Gasteiger partial charge < -0.3 is 10.4 Å². The topological polar surface area (TPSA) is 92.5 Å². The molecule has 0 saturated heterocycles. The number of nitro benzene ring substituents is 1. The molecule has 6 heteroatoms. The van der Waals surface area contributed by atoms with Gasteiger partial charge in [0.25, 0.3) is 5.69 Å².